The third-order valence-corrected chi connectivity index (χ3v) is 2.69. The standard InChI is InChI=1S/C13H11NO3/c1-3-6-14-12(16)10-5-4-9(8(2)15)7-11(10)13(14)17/h3-5,7H,1,6H2,2H3. The van der Waals surface area contributed by atoms with Gasteiger partial charge in [0.2, 0.25) is 0 Å². The molecule has 0 unspecified atom stereocenters. The average Bonchev–Trinajstić information content (AvgIpc) is 2.54. The number of amides is 2. The molecule has 1 heterocycles. The van der Waals surface area contributed by atoms with E-state index in [-0.39, 0.29) is 24.1 Å². The molecule has 0 bridgehead atoms. The highest BCUT2D eigenvalue weighted by Gasteiger charge is 2.34. The Bertz CT molecular complexity index is 546. The first-order valence-electron chi connectivity index (χ1n) is 5.18. The third-order valence-electron chi connectivity index (χ3n) is 2.69. The van der Waals surface area contributed by atoms with Crippen LogP contribution in [0, 0.1) is 0 Å². The first-order valence-corrected chi connectivity index (χ1v) is 5.18. The van der Waals surface area contributed by atoms with Gasteiger partial charge in [-0.2, -0.15) is 0 Å². The van der Waals surface area contributed by atoms with Gasteiger partial charge in [-0.25, -0.2) is 0 Å². The molecular formula is C13H11NO3. The summed E-state index contributed by atoms with van der Waals surface area (Å²) in [6, 6.07) is 4.56. The molecule has 1 aliphatic rings. The largest absolute Gasteiger partial charge is 0.295 e. The van der Waals surface area contributed by atoms with Crippen LogP contribution in [-0.4, -0.2) is 29.0 Å². The molecule has 0 radical (unpaired) electrons. The molecule has 0 spiro atoms. The van der Waals surface area contributed by atoms with Crippen molar-refractivity contribution in [2.45, 2.75) is 6.92 Å². The van der Waals surface area contributed by atoms with Crippen molar-refractivity contribution in [3.05, 3.63) is 47.5 Å². The van der Waals surface area contributed by atoms with Crippen LogP contribution in [0.15, 0.2) is 30.9 Å². The maximum atomic E-state index is 11.9. The van der Waals surface area contributed by atoms with E-state index in [2.05, 4.69) is 6.58 Å². The van der Waals surface area contributed by atoms with Crippen LogP contribution in [0.3, 0.4) is 0 Å². The molecule has 0 fully saturated rings. The summed E-state index contributed by atoms with van der Waals surface area (Å²) in [5, 5.41) is 0. The number of ketones is 1. The molecule has 2 amide bonds. The molecule has 86 valence electrons. The van der Waals surface area contributed by atoms with Gasteiger partial charge in [0.05, 0.1) is 11.1 Å². The van der Waals surface area contributed by atoms with Crippen molar-refractivity contribution < 1.29 is 14.4 Å². The van der Waals surface area contributed by atoms with Crippen LogP contribution in [0.1, 0.15) is 38.0 Å². The van der Waals surface area contributed by atoms with Crippen LogP contribution in [0.2, 0.25) is 0 Å². The molecule has 0 N–H and O–H groups in total. The van der Waals surface area contributed by atoms with E-state index in [1.807, 2.05) is 0 Å². The Morgan fingerprint density at radius 1 is 1.29 bits per heavy atom. The molecule has 0 saturated carbocycles. The van der Waals surface area contributed by atoms with Crippen LogP contribution >= 0.6 is 0 Å². The Kier molecular flexibility index (Phi) is 2.63. The minimum absolute atomic E-state index is 0.129. The first kappa shape index (κ1) is 11.3. The van der Waals surface area contributed by atoms with E-state index in [0.29, 0.717) is 16.7 Å². The maximum Gasteiger partial charge on any atom is 0.261 e. The van der Waals surface area contributed by atoms with E-state index in [4.69, 9.17) is 0 Å². The van der Waals surface area contributed by atoms with Gasteiger partial charge in [-0.1, -0.05) is 12.1 Å². The Labute approximate surface area is 98.5 Å². The highest BCUT2D eigenvalue weighted by atomic mass is 16.2. The summed E-state index contributed by atoms with van der Waals surface area (Å²) < 4.78 is 0. The van der Waals surface area contributed by atoms with Gasteiger partial charge in [0.25, 0.3) is 11.8 Å². The summed E-state index contributed by atoms with van der Waals surface area (Å²) in [7, 11) is 0. The molecule has 1 aromatic carbocycles. The smallest absolute Gasteiger partial charge is 0.261 e. The lowest BCUT2D eigenvalue weighted by Crippen LogP contribution is -2.29. The fourth-order valence-corrected chi connectivity index (χ4v) is 1.80. The van der Waals surface area contributed by atoms with Crippen LogP contribution in [-0.2, 0) is 0 Å². The number of hydrogen-bond donors (Lipinski definition) is 0. The quantitative estimate of drug-likeness (QED) is 0.450. The van der Waals surface area contributed by atoms with Crippen molar-refractivity contribution in [2.24, 2.45) is 0 Å². The van der Waals surface area contributed by atoms with Gasteiger partial charge in [-0.15, -0.1) is 6.58 Å². The summed E-state index contributed by atoms with van der Waals surface area (Å²) in [6.07, 6.45) is 1.49. The number of carbonyl (C=O) groups excluding carboxylic acids is 3. The van der Waals surface area contributed by atoms with Gasteiger partial charge in [-0.05, 0) is 19.1 Å². The van der Waals surface area contributed by atoms with Crippen molar-refractivity contribution in [1.82, 2.24) is 4.90 Å². The van der Waals surface area contributed by atoms with Gasteiger partial charge in [-0.3, -0.25) is 19.3 Å². The first-order chi connectivity index (χ1) is 8.06. The second kappa shape index (κ2) is 3.97. The van der Waals surface area contributed by atoms with E-state index in [1.54, 1.807) is 6.07 Å². The molecule has 0 aromatic heterocycles. The number of carbonyl (C=O) groups is 3. The SMILES string of the molecule is C=CCN1C(=O)c2ccc(C(C)=O)cc2C1=O. The fourth-order valence-electron chi connectivity index (χ4n) is 1.80. The molecular weight excluding hydrogens is 218 g/mol. The predicted octanol–water partition coefficient (Wildman–Crippen LogP) is 1.67. The number of benzene rings is 1. The zero-order valence-corrected chi connectivity index (χ0v) is 9.40. The molecule has 1 aromatic rings. The van der Waals surface area contributed by atoms with Crippen LogP contribution in [0.5, 0.6) is 0 Å². The lowest BCUT2D eigenvalue weighted by atomic mass is 10.0. The summed E-state index contributed by atoms with van der Waals surface area (Å²) >= 11 is 0. The number of hydrogen-bond acceptors (Lipinski definition) is 3. The topological polar surface area (TPSA) is 54.5 Å². The van der Waals surface area contributed by atoms with Crippen molar-refractivity contribution in [3.63, 3.8) is 0 Å². The van der Waals surface area contributed by atoms with E-state index in [0.717, 1.165) is 4.90 Å². The summed E-state index contributed by atoms with van der Waals surface area (Å²) in [5.41, 5.74) is 1.08. The molecule has 2 rings (SSSR count). The molecule has 0 saturated heterocycles. The van der Waals surface area contributed by atoms with Crippen LogP contribution in [0.25, 0.3) is 0 Å². The van der Waals surface area contributed by atoms with Gasteiger partial charge in [0.1, 0.15) is 0 Å². The van der Waals surface area contributed by atoms with E-state index >= 15 is 0 Å². The second-order valence-electron chi connectivity index (χ2n) is 3.83. The molecule has 4 heteroatoms. The summed E-state index contributed by atoms with van der Waals surface area (Å²) in [6.45, 7) is 5.10. The number of fused-ring (bicyclic) bond motifs is 1. The Morgan fingerprint density at radius 2 is 1.94 bits per heavy atom. The van der Waals surface area contributed by atoms with Gasteiger partial charge >= 0.3 is 0 Å². The summed E-state index contributed by atoms with van der Waals surface area (Å²) in [5.74, 6) is -0.830. The van der Waals surface area contributed by atoms with Gasteiger partial charge in [0.15, 0.2) is 5.78 Å². The molecule has 17 heavy (non-hydrogen) atoms. The zero-order valence-electron chi connectivity index (χ0n) is 9.40. The van der Waals surface area contributed by atoms with Crippen LogP contribution in [0.4, 0.5) is 0 Å². The summed E-state index contributed by atoms with van der Waals surface area (Å²) in [4.78, 5) is 36.1. The second-order valence-corrected chi connectivity index (χ2v) is 3.83. The van der Waals surface area contributed by atoms with Crippen molar-refractivity contribution in [1.29, 1.82) is 0 Å². The lowest BCUT2D eigenvalue weighted by Gasteiger charge is -2.09. The number of Topliss-reactive ketones (excluding diaryl/α,β-unsaturated/α-hetero) is 1. The normalized spacial score (nSPS) is 13.8. The Balaban J connectivity index is 2.50. The monoisotopic (exact) mass is 229 g/mol. The van der Waals surface area contributed by atoms with E-state index in [1.165, 1.54) is 25.1 Å². The Hall–Kier alpha value is -2.23. The van der Waals surface area contributed by atoms with E-state index < -0.39 is 0 Å². The highest BCUT2D eigenvalue weighted by Crippen LogP contribution is 2.23. The zero-order chi connectivity index (χ0) is 12.6. The molecule has 0 aliphatic carbocycles. The number of imide groups is 1. The van der Waals surface area contributed by atoms with Crippen molar-refractivity contribution in [2.75, 3.05) is 6.54 Å². The molecule has 4 nitrogen and oxygen atoms in total. The highest BCUT2D eigenvalue weighted by molar-refractivity contribution is 6.22. The van der Waals surface area contributed by atoms with E-state index in [9.17, 15) is 14.4 Å². The minimum Gasteiger partial charge on any atom is -0.295 e. The minimum atomic E-state index is -0.368. The molecule has 0 atom stereocenters. The maximum absolute atomic E-state index is 11.9. The Morgan fingerprint density at radius 3 is 2.53 bits per heavy atom. The predicted molar refractivity (Wildman–Crippen MR) is 62.0 cm³/mol. The van der Waals surface area contributed by atoms with Crippen LogP contribution < -0.4 is 0 Å². The lowest BCUT2D eigenvalue weighted by molar-refractivity contribution is 0.0672. The number of nitrogens with zero attached hydrogens (tertiary/aromatic N) is 1. The van der Waals surface area contributed by atoms with Gasteiger partial charge < -0.3 is 0 Å². The van der Waals surface area contributed by atoms with Crippen molar-refractivity contribution >= 4 is 17.6 Å². The average molecular weight is 229 g/mol. The fraction of sp³-hybridized carbons (Fsp3) is 0.154. The number of rotatable bonds is 3. The molecule has 1 aliphatic heterocycles. The third kappa shape index (κ3) is 1.67. The van der Waals surface area contributed by atoms with Crippen molar-refractivity contribution in [3.8, 4) is 0 Å². The van der Waals surface area contributed by atoms with Gasteiger partial charge in [0, 0.05) is 12.1 Å².